The first kappa shape index (κ1) is 21.9. The third-order valence-corrected chi connectivity index (χ3v) is 5.26. The molecule has 1 aromatic carbocycles. The Balaban J connectivity index is 1.45. The Bertz CT molecular complexity index is 836. The van der Waals surface area contributed by atoms with Gasteiger partial charge in [0.1, 0.15) is 12.4 Å². The predicted octanol–water partition coefficient (Wildman–Crippen LogP) is 4.55. The summed E-state index contributed by atoms with van der Waals surface area (Å²) in [6, 6.07) is 8.96. The molecule has 0 atom stereocenters. The Labute approximate surface area is 177 Å². The minimum atomic E-state index is -0.203. The summed E-state index contributed by atoms with van der Waals surface area (Å²) in [5.41, 5.74) is 0.999. The second-order valence-electron chi connectivity index (χ2n) is 8.57. The SMILES string of the molecule is CC(C)CC(=O)Nc1ccc(OCc2cc(C(=O)NC3CCC(C)CC3)no2)cc1. The van der Waals surface area contributed by atoms with Gasteiger partial charge in [-0.2, -0.15) is 0 Å². The van der Waals surface area contributed by atoms with Crippen molar-refractivity contribution in [1.82, 2.24) is 10.5 Å². The monoisotopic (exact) mass is 413 g/mol. The molecule has 1 fully saturated rings. The summed E-state index contributed by atoms with van der Waals surface area (Å²) < 4.78 is 10.9. The molecule has 7 nitrogen and oxygen atoms in total. The topological polar surface area (TPSA) is 93.5 Å². The van der Waals surface area contributed by atoms with Crippen molar-refractivity contribution in [3.63, 3.8) is 0 Å². The molecule has 0 saturated heterocycles. The van der Waals surface area contributed by atoms with Gasteiger partial charge in [0.25, 0.3) is 5.91 Å². The van der Waals surface area contributed by atoms with Gasteiger partial charge in [-0.15, -0.1) is 0 Å². The second kappa shape index (κ2) is 10.3. The van der Waals surface area contributed by atoms with Crippen molar-refractivity contribution in [1.29, 1.82) is 0 Å². The Hall–Kier alpha value is -2.83. The van der Waals surface area contributed by atoms with Crippen LogP contribution in [0.1, 0.15) is 69.1 Å². The zero-order chi connectivity index (χ0) is 21.5. The summed E-state index contributed by atoms with van der Waals surface area (Å²) in [6.45, 7) is 6.43. The number of nitrogens with one attached hydrogen (secondary N) is 2. The lowest BCUT2D eigenvalue weighted by molar-refractivity contribution is -0.116. The van der Waals surface area contributed by atoms with Crippen molar-refractivity contribution in [2.24, 2.45) is 11.8 Å². The smallest absolute Gasteiger partial charge is 0.273 e. The summed E-state index contributed by atoms with van der Waals surface area (Å²) in [5.74, 6) is 1.95. The van der Waals surface area contributed by atoms with Gasteiger partial charge in [-0.05, 0) is 61.8 Å². The summed E-state index contributed by atoms with van der Waals surface area (Å²) in [6.07, 6.45) is 4.79. The number of hydrogen-bond acceptors (Lipinski definition) is 5. The Morgan fingerprint density at radius 1 is 1.17 bits per heavy atom. The highest BCUT2D eigenvalue weighted by atomic mass is 16.5. The number of benzene rings is 1. The number of carbonyl (C=O) groups excluding carboxylic acids is 2. The van der Waals surface area contributed by atoms with E-state index in [1.165, 1.54) is 0 Å². The molecular weight excluding hydrogens is 382 g/mol. The molecule has 1 aromatic heterocycles. The van der Waals surface area contributed by atoms with Gasteiger partial charge in [-0.3, -0.25) is 9.59 Å². The molecule has 1 aliphatic carbocycles. The van der Waals surface area contributed by atoms with Gasteiger partial charge < -0.3 is 19.9 Å². The second-order valence-corrected chi connectivity index (χ2v) is 8.57. The van der Waals surface area contributed by atoms with Gasteiger partial charge in [0.05, 0.1) is 0 Å². The van der Waals surface area contributed by atoms with Crippen LogP contribution in [0.5, 0.6) is 5.75 Å². The van der Waals surface area contributed by atoms with Gasteiger partial charge >= 0.3 is 0 Å². The van der Waals surface area contributed by atoms with Crippen molar-refractivity contribution in [3.05, 3.63) is 41.8 Å². The van der Waals surface area contributed by atoms with Gasteiger partial charge in [-0.25, -0.2) is 0 Å². The van der Waals surface area contributed by atoms with E-state index in [2.05, 4.69) is 22.7 Å². The lowest BCUT2D eigenvalue weighted by Gasteiger charge is -2.26. The summed E-state index contributed by atoms with van der Waals surface area (Å²) >= 11 is 0. The maximum atomic E-state index is 12.4. The molecule has 30 heavy (non-hydrogen) atoms. The third kappa shape index (κ3) is 6.61. The molecule has 0 spiro atoms. The molecule has 2 amide bonds. The molecule has 2 aromatic rings. The molecule has 0 bridgehead atoms. The summed E-state index contributed by atoms with van der Waals surface area (Å²) in [5, 5.41) is 9.76. The maximum Gasteiger partial charge on any atom is 0.273 e. The first-order chi connectivity index (χ1) is 14.4. The van der Waals surface area contributed by atoms with E-state index in [1.807, 2.05) is 13.8 Å². The number of aromatic nitrogens is 1. The Morgan fingerprint density at radius 2 is 1.87 bits per heavy atom. The molecule has 162 valence electrons. The zero-order valence-electron chi connectivity index (χ0n) is 17.9. The Morgan fingerprint density at radius 3 is 2.53 bits per heavy atom. The highest BCUT2D eigenvalue weighted by Crippen LogP contribution is 2.24. The van der Waals surface area contributed by atoms with E-state index in [1.54, 1.807) is 30.3 Å². The number of carbonyl (C=O) groups is 2. The van der Waals surface area contributed by atoms with E-state index < -0.39 is 0 Å². The average Bonchev–Trinajstić information content (AvgIpc) is 3.18. The van der Waals surface area contributed by atoms with E-state index >= 15 is 0 Å². The number of nitrogens with zero attached hydrogens (tertiary/aromatic N) is 1. The highest BCUT2D eigenvalue weighted by Gasteiger charge is 2.22. The predicted molar refractivity (Wildman–Crippen MR) is 114 cm³/mol. The van der Waals surface area contributed by atoms with Crippen LogP contribution in [-0.2, 0) is 11.4 Å². The van der Waals surface area contributed by atoms with Gasteiger partial charge in [0.2, 0.25) is 5.91 Å². The average molecular weight is 414 g/mol. The van der Waals surface area contributed by atoms with E-state index in [4.69, 9.17) is 9.26 Å². The largest absolute Gasteiger partial charge is 0.486 e. The van der Waals surface area contributed by atoms with E-state index in [0.717, 1.165) is 37.3 Å². The summed E-state index contributed by atoms with van der Waals surface area (Å²) in [7, 11) is 0. The van der Waals surface area contributed by atoms with Gasteiger partial charge in [0.15, 0.2) is 11.5 Å². The first-order valence-corrected chi connectivity index (χ1v) is 10.7. The van der Waals surface area contributed by atoms with Crippen LogP contribution in [0.15, 0.2) is 34.9 Å². The number of anilines is 1. The minimum absolute atomic E-state index is 0.00567. The molecule has 1 heterocycles. The molecular formula is C23H31N3O4. The molecule has 1 aliphatic rings. The van der Waals surface area contributed by atoms with Crippen LogP contribution in [0, 0.1) is 11.8 Å². The van der Waals surface area contributed by atoms with Crippen LogP contribution >= 0.6 is 0 Å². The number of ether oxygens (including phenoxy) is 1. The molecule has 3 rings (SSSR count). The van der Waals surface area contributed by atoms with Crippen LogP contribution in [0.25, 0.3) is 0 Å². The lowest BCUT2D eigenvalue weighted by Crippen LogP contribution is -2.37. The van der Waals surface area contributed by atoms with Crippen LogP contribution in [-0.4, -0.2) is 23.0 Å². The van der Waals surface area contributed by atoms with Crippen LogP contribution in [0.3, 0.4) is 0 Å². The van der Waals surface area contributed by atoms with Crippen molar-refractivity contribution >= 4 is 17.5 Å². The summed E-state index contributed by atoms with van der Waals surface area (Å²) in [4.78, 5) is 24.2. The molecule has 7 heteroatoms. The molecule has 1 saturated carbocycles. The fraction of sp³-hybridized carbons (Fsp3) is 0.522. The van der Waals surface area contributed by atoms with Gasteiger partial charge in [0, 0.05) is 24.2 Å². The zero-order valence-corrected chi connectivity index (χ0v) is 17.9. The fourth-order valence-corrected chi connectivity index (χ4v) is 3.52. The third-order valence-electron chi connectivity index (χ3n) is 5.26. The number of rotatable bonds is 8. The normalized spacial score (nSPS) is 18.8. The molecule has 0 radical (unpaired) electrons. The van der Waals surface area contributed by atoms with E-state index in [-0.39, 0.29) is 30.2 Å². The van der Waals surface area contributed by atoms with Crippen LogP contribution < -0.4 is 15.4 Å². The lowest BCUT2D eigenvalue weighted by atomic mass is 9.87. The maximum absolute atomic E-state index is 12.4. The van der Waals surface area contributed by atoms with Crippen LogP contribution in [0.2, 0.25) is 0 Å². The standard InChI is InChI=1S/C23H31N3O4/c1-15(2)12-22(27)24-17-8-10-19(11-9-17)29-14-20-13-21(26-30-20)23(28)25-18-6-4-16(3)5-7-18/h8-11,13,15-16,18H,4-7,12,14H2,1-3H3,(H,24,27)(H,25,28). The molecule has 0 aliphatic heterocycles. The van der Waals surface area contributed by atoms with E-state index in [9.17, 15) is 9.59 Å². The van der Waals surface area contributed by atoms with Crippen LogP contribution in [0.4, 0.5) is 5.69 Å². The molecule has 0 unspecified atom stereocenters. The van der Waals surface area contributed by atoms with Crippen molar-refractivity contribution in [2.75, 3.05) is 5.32 Å². The Kier molecular flexibility index (Phi) is 7.49. The van der Waals surface area contributed by atoms with E-state index in [0.29, 0.717) is 23.8 Å². The minimum Gasteiger partial charge on any atom is -0.486 e. The number of hydrogen-bond donors (Lipinski definition) is 2. The van der Waals surface area contributed by atoms with Crippen molar-refractivity contribution < 1.29 is 18.8 Å². The fourth-order valence-electron chi connectivity index (χ4n) is 3.52. The van der Waals surface area contributed by atoms with Crippen molar-refractivity contribution in [2.45, 2.75) is 65.5 Å². The quantitative estimate of drug-likeness (QED) is 0.662. The van der Waals surface area contributed by atoms with Crippen molar-refractivity contribution in [3.8, 4) is 5.75 Å². The van der Waals surface area contributed by atoms with Gasteiger partial charge in [-0.1, -0.05) is 25.9 Å². The number of amides is 2. The highest BCUT2D eigenvalue weighted by molar-refractivity contribution is 5.92. The first-order valence-electron chi connectivity index (χ1n) is 10.7. The molecule has 2 N–H and O–H groups in total.